The van der Waals surface area contributed by atoms with E-state index in [0.29, 0.717) is 28.4 Å². The molecular weight excluding hydrogens is 608 g/mol. The molecule has 0 amide bonds. The summed E-state index contributed by atoms with van der Waals surface area (Å²) in [6.45, 7) is 2.05. The highest BCUT2D eigenvalue weighted by atomic mass is 32.2. The monoisotopic (exact) mass is 634 g/mol. The van der Waals surface area contributed by atoms with Gasteiger partial charge in [-0.25, -0.2) is 5.26 Å². The summed E-state index contributed by atoms with van der Waals surface area (Å²) in [5, 5.41) is 32.2. The average Bonchev–Trinajstić information content (AvgIpc) is 3.01. The van der Waals surface area contributed by atoms with Crippen molar-refractivity contribution in [2.24, 2.45) is 0 Å². The molecule has 44 heavy (non-hydrogen) atoms. The van der Waals surface area contributed by atoms with Gasteiger partial charge in [-0.15, -0.1) is 4.33 Å². The molecule has 0 atom stereocenters. The zero-order chi connectivity index (χ0) is 31.3. The van der Waals surface area contributed by atoms with Gasteiger partial charge in [-0.1, -0.05) is 47.5 Å². The van der Waals surface area contributed by atoms with Crippen LogP contribution in [0.5, 0.6) is 34.5 Å². The fraction of sp³-hybridized carbons (Fsp3) is 0.0625. The largest absolute Gasteiger partial charge is 0.508 e. The van der Waals surface area contributed by atoms with E-state index in [1.165, 1.54) is 30.3 Å². The molecule has 0 radical (unpaired) electrons. The highest BCUT2D eigenvalue weighted by molar-refractivity contribution is 7.94. The number of phenols is 2. The normalized spacial score (nSPS) is 11.7. The Morgan fingerprint density at radius 2 is 1.18 bits per heavy atom. The predicted molar refractivity (Wildman–Crippen MR) is 162 cm³/mol. The van der Waals surface area contributed by atoms with Gasteiger partial charge in [0.15, 0.2) is 0 Å². The van der Waals surface area contributed by atoms with Crippen LogP contribution in [-0.2, 0) is 24.9 Å². The first-order valence-electron chi connectivity index (χ1n) is 13.0. The minimum absolute atomic E-state index is 0.151. The summed E-state index contributed by atoms with van der Waals surface area (Å²) in [5.41, 5.74) is 2.13. The molecule has 5 aromatic rings. The third-order valence-corrected chi connectivity index (χ3v) is 8.43. The lowest BCUT2D eigenvalue weighted by Gasteiger charge is -2.32. The zero-order valence-corrected chi connectivity index (χ0v) is 24.7. The van der Waals surface area contributed by atoms with Gasteiger partial charge < -0.3 is 19.7 Å². The van der Waals surface area contributed by atoms with Crippen LogP contribution in [0.2, 0.25) is 0 Å². The maximum absolute atomic E-state index is 11.5. The maximum Gasteiger partial charge on any atom is 0.294 e. The first-order valence-corrected chi connectivity index (χ1v) is 15.2. The van der Waals surface area contributed by atoms with E-state index in [1.807, 2.05) is 43.3 Å². The molecule has 4 N–H and O–H groups in total. The van der Waals surface area contributed by atoms with Gasteiger partial charge in [0.2, 0.25) is 0 Å². The molecule has 0 fully saturated rings. The third-order valence-electron chi connectivity index (χ3n) is 6.96. The van der Waals surface area contributed by atoms with Crippen molar-refractivity contribution in [2.45, 2.75) is 22.1 Å². The lowest BCUT2D eigenvalue weighted by Crippen LogP contribution is -2.25. The van der Waals surface area contributed by atoms with Crippen molar-refractivity contribution in [3.63, 3.8) is 0 Å². The first-order chi connectivity index (χ1) is 21.1. The molecule has 0 unspecified atom stereocenters. The van der Waals surface area contributed by atoms with E-state index in [9.17, 15) is 23.2 Å². The van der Waals surface area contributed by atoms with Gasteiger partial charge in [-0.05, 0) is 84.3 Å². The van der Waals surface area contributed by atoms with Gasteiger partial charge >= 0.3 is 0 Å². The van der Waals surface area contributed by atoms with Crippen LogP contribution in [0.1, 0.15) is 23.6 Å². The summed E-state index contributed by atoms with van der Waals surface area (Å²) in [6, 6.07) is 31.4. The molecule has 0 aliphatic heterocycles. The Balaban J connectivity index is 1.43. The molecule has 0 spiro atoms. The van der Waals surface area contributed by atoms with Gasteiger partial charge in [0.25, 0.3) is 10.1 Å². The fourth-order valence-electron chi connectivity index (χ4n) is 4.66. The second kappa shape index (κ2) is 13.0. The van der Waals surface area contributed by atoms with Crippen LogP contribution in [0.25, 0.3) is 0 Å². The molecule has 10 nitrogen and oxygen atoms in total. The predicted octanol–water partition coefficient (Wildman–Crippen LogP) is 7.71. The van der Waals surface area contributed by atoms with Crippen molar-refractivity contribution < 1.29 is 47.3 Å². The molecule has 5 rings (SSSR count). The van der Waals surface area contributed by atoms with Crippen LogP contribution in [0, 0.1) is 0 Å². The van der Waals surface area contributed by atoms with Gasteiger partial charge in [0.05, 0.1) is 21.8 Å². The van der Waals surface area contributed by atoms with E-state index in [1.54, 1.807) is 48.5 Å². The molecule has 5 aromatic carbocycles. The quantitative estimate of drug-likeness (QED) is 0.0372. The number of benzene rings is 5. The minimum Gasteiger partial charge on any atom is -0.508 e. The number of aromatic hydroxyl groups is 2. The summed E-state index contributed by atoms with van der Waals surface area (Å²) < 4.78 is 48.8. The summed E-state index contributed by atoms with van der Waals surface area (Å²) in [7, 11) is -4.42. The molecule has 226 valence electrons. The average molecular weight is 635 g/mol. The number of rotatable bonds is 11. The Hall–Kier alpha value is -4.56. The van der Waals surface area contributed by atoms with Gasteiger partial charge in [-0.3, -0.25) is 4.55 Å². The Morgan fingerprint density at radius 3 is 1.73 bits per heavy atom. The Kier molecular flexibility index (Phi) is 9.11. The standard InChI is InChI=1S/C32H26O10S2/c1-32(21-5-11-24(33)12-6-21,22-7-13-25(34)14-8-22)23-9-15-26(16-10-23)40-30-18-17-28(20-31(30)43-42-41-35)39-27-3-2-4-29(19-27)44(36,37)38/h2-20,33-35H,1H3,(H,36,37,38). The summed E-state index contributed by atoms with van der Waals surface area (Å²) in [4.78, 5) is 0.0292. The third kappa shape index (κ3) is 6.97. The molecular formula is C32H26O10S2. The summed E-state index contributed by atoms with van der Waals surface area (Å²) in [6.07, 6.45) is 0. The highest BCUT2D eigenvalue weighted by Crippen LogP contribution is 2.42. The van der Waals surface area contributed by atoms with Crippen molar-refractivity contribution in [3.8, 4) is 34.5 Å². The molecule has 0 aromatic heterocycles. The van der Waals surface area contributed by atoms with Gasteiger partial charge in [-0.2, -0.15) is 8.42 Å². The SMILES string of the molecule is CC(c1ccc(O)cc1)(c1ccc(O)cc1)c1ccc(Oc2ccc(Oc3cccc(S(=O)(=O)O)c3)cc2SOOO)cc1. The lowest BCUT2D eigenvalue weighted by atomic mass is 9.71. The molecule has 0 saturated heterocycles. The molecule has 0 aliphatic rings. The first kappa shape index (κ1) is 30.9. The van der Waals surface area contributed by atoms with E-state index in [4.69, 9.17) is 14.7 Å². The fourth-order valence-corrected chi connectivity index (χ4v) is 5.64. The highest BCUT2D eigenvalue weighted by Gasteiger charge is 2.31. The minimum atomic E-state index is -4.42. The van der Waals surface area contributed by atoms with Gasteiger partial charge in [0.1, 0.15) is 34.5 Å². The number of hydrogen-bond acceptors (Lipinski definition) is 10. The molecule has 0 heterocycles. The Morgan fingerprint density at radius 1 is 0.659 bits per heavy atom. The zero-order valence-electron chi connectivity index (χ0n) is 23.0. The van der Waals surface area contributed by atoms with Crippen molar-refractivity contribution >= 4 is 22.2 Å². The number of phenolic OH excluding ortho intramolecular Hbond substituents is 2. The van der Waals surface area contributed by atoms with Crippen molar-refractivity contribution in [1.82, 2.24) is 0 Å². The molecule has 0 saturated carbocycles. The van der Waals surface area contributed by atoms with E-state index < -0.39 is 15.5 Å². The van der Waals surface area contributed by atoms with Crippen LogP contribution in [-0.4, -0.2) is 28.4 Å². The van der Waals surface area contributed by atoms with Crippen LogP contribution >= 0.6 is 12.0 Å². The molecule has 0 aliphatic carbocycles. The Bertz CT molecular complexity index is 1800. The van der Waals surface area contributed by atoms with Crippen LogP contribution in [0.15, 0.2) is 125 Å². The van der Waals surface area contributed by atoms with Crippen molar-refractivity contribution in [1.29, 1.82) is 0 Å². The van der Waals surface area contributed by atoms with Crippen molar-refractivity contribution in [3.05, 3.63) is 132 Å². The molecule has 12 heteroatoms. The second-order valence-electron chi connectivity index (χ2n) is 9.73. The second-order valence-corrected chi connectivity index (χ2v) is 11.9. The van der Waals surface area contributed by atoms with Crippen molar-refractivity contribution in [2.75, 3.05) is 0 Å². The smallest absolute Gasteiger partial charge is 0.294 e. The van der Waals surface area contributed by atoms with Gasteiger partial charge in [0, 0.05) is 17.5 Å². The number of ether oxygens (including phenoxy) is 2. The van der Waals surface area contributed by atoms with Crippen LogP contribution in [0.4, 0.5) is 0 Å². The van der Waals surface area contributed by atoms with Crippen LogP contribution in [0.3, 0.4) is 0 Å². The van der Waals surface area contributed by atoms with E-state index in [2.05, 4.69) is 9.37 Å². The van der Waals surface area contributed by atoms with E-state index in [0.717, 1.165) is 16.7 Å². The maximum atomic E-state index is 11.5. The van der Waals surface area contributed by atoms with E-state index >= 15 is 0 Å². The lowest BCUT2D eigenvalue weighted by molar-refractivity contribution is -0.432. The number of hydrogen-bond donors (Lipinski definition) is 4. The summed E-state index contributed by atoms with van der Waals surface area (Å²) in [5.74, 6) is 1.55. The van der Waals surface area contributed by atoms with Crippen LogP contribution < -0.4 is 9.47 Å². The topological polar surface area (TPSA) is 152 Å². The van der Waals surface area contributed by atoms with E-state index in [-0.39, 0.29) is 27.9 Å². The summed E-state index contributed by atoms with van der Waals surface area (Å²) >= 11 is 0.649. The Labute approximate surface area is 257 Å². The molecule has 0 bridgehead atoms.